The van der Waals surface area contributed by atoms with Crippen LogP contribution in [0.4, 0.5) is 0 Å². The molecule has 4 heteroatoms. The summed E-state index contributed by atoms with van der Waals surface area (Å²) in [6.07, 6.45) is 2.78. The van der Waals surface area contributed by atoms with E-state index in [2.05, 4.69) is 5.32 Å². The van der Waals surface area contributed by atoms with E-state index in [1.54, 1.807) is 0 Å². The predicted molar refractivity (Wildman–Crippen MR) is 72.8 cm³/mol. The van der Waals surface area contributed by atoms with Gasteiger partial charge in [-0.05, 0) is 32.8 Å². The van der Waals surface area contributed by atoms with Gasteiger partial charge in [0, 0.05) is 18.0 Å². The lowest BCUT2D eigenvalue weighted by atomic mass is 9.77. The summed E-state index contributed by atoms with van der Waals surface area (Å²) in [6.45, 7) is 3.99. The highest BCUT2D eigenvalue weighted by Gasteiger charge is 2.51. The van der Waals surface area contributed by atoms with Gasteiger partial charge in [-0.2, -0.15) is 0 Å². The minimum Gasteiger partial charge on any atom is -0.487 e. The van der Waals surface area contributed by atoms with Gasteiger partial charge in [0.05, 0.1) is 0 Å². The van der Waals surface area contributed by atoms with Crippen LogP contribution in [-0.4, -0.2) is 17.6 Å². The number of rotatable bonds is 3. The van der Waals surface area contributed by atoms with Crippen molar-refractivity contribution in [3.8, 4) is 5.75 Å². The first-order chi connectivity index (χ1) is 8.93. The molecule has 0 radical (unpaired) electrons. The van der Waals surface area contributed by atoms with E-state index >= 15 is 0 Å². The minimum atomic E-state index is -0.806. The maximum Gasteiger partial charge on any atom is 0.242 e. The van der Waals surface area contributed by atoms with Gasteiger partial charge in [0.2, 0.25) is 5.91 Å². The third kappa shape index (κ3) is 2.10. The van der Waals surface area contributed by atoms with Crippen LogP contribution in [0.1, 0.15) is 38.7 Å². The Hall–Kier alpha value is -1.55. The maximum absolute atomic E-state index is 12.2. The molecular formula is C15H20N2O2. The monoisotopic (exact) mass is 260 g/mol. The molecule has 1 aliphatic heterocycles. The molecular weight excluding hydrogens is 240 g/mol. The summed E-state index contributed by atoms with van der Waals surface area (Å²) in [5.41, 5.74) is 5.41. The Morgan fingerprint density at radius 2 is 2.05 bits per heavy atom. The van der Waals surface area contributed by atoms with Crippen molar-refractivity contribution in [3.05, 3.63) is 29.8 Å². The van der Waals surface area contributed by atoms with Crippen molar-refractivity contribution in [1.82, 2.24) is 5.32 Å². The number of amides is 1. The first-order valence-electron chi connectivity index (χ1n) is 6.79. The zero-order valence-corrected chi connectivity index (χ0v) is 11.4. The van der Waals surface area contributed by atoms with Crippen molar-refractivity contribution in [2.24, 2.45) is 5.73 Å². The Balaban J connectivity index is 2.12. The number of carbonyl (C=O) groups excluding carboxylic acids is 1. The van der Waals surface area contributed by atoms with Crippen LogP contribution in [0.15, 0.2) is 24.3 Å². The number of hydrogen-bond acceptors (Lipinski definition) is 3. The van der Waals surface area contributed by atoms with Gasteiger partial charge in [0.25, 0.3) is 0 Å². The Kier molecular flexibility index (Phi) is 2.61. The quantitative estimate of drug-likeness (QED) is 0.869. The molecule has 1 amide bonds. The molecule has 1 unspecified atom stereocenters. The lowest BCUT2D eigenvalue weighted by molar-refractivity contribution is -0.128. The van der Waals surface area contributed by atoms with E-state index in [-0.39, 0.29) is 5.91 Å². The highest BCUT2D eigenvalue weighted by atomic mass is 16.5. The van der Waals surface area contributed by atoms with Crippen LogP contribution in [0.2, 0.25) is 0 Å². The number of primary amides is 1. The van der Waals surface area contributed by atoms with Crippen LogP contribution in [0.5, 0.6) is 5.75 Å². The lowest BCUT2D eigenvalue weighted by Crippen LogP contribution is -2.59. The van der Waals surface area contributed by atoms with Crippen LogP contribution in [0.25, 0.3) is 0 Å². The summed E-state index contributed by atoms with van der Waals surface area (Å²) in [5.74, 6) is 0.439. The van der Waals surface area contributed by atoms with Gasteiger partial charge in [0.1, 0.15) is 16.9 Å². The van der Waals surface area contributed by atoms with E-state index in [9.17, 15) is 4.79 Å². The van der Waals surface area contributed by atoms with E-state index < -0.39 is 11.1 Å². The van der Waals surface area contributed by atoms with Gasteiger partial charge in [0.15, 0.2) is 0 Å². The van der Waals surface area contributed by atoms with Crippen molar-refractivity contribution in [2.45, 2.75) is 50.3 Å². The van der Waals surface area contributed by atoms with Crippen molar-refractivity contribution in [1.29, 1.82) is 0 Å². The average molecular weight is 260 g/mol. The smallest absolute Gasteiger partial charge is 0.242 e. The van der Waals surface area contributed by atoms with Crippen molar-refractivity contribution >= 4 is 5.91 Å². The summed E-state index contributed by atoms with van der Waals surface area (Å²) in [7, 11) is 0. The standard InChI is InChI=1S/C15H20N2O2/c1-14(2)9-15(13(16)18,17-10-7-8-10)11-5-3-4-6-12(11)19-14/h3-6,10,17H,7-9H2,1-2H3,(H2,16,18). The fraction of sp³-hybridized carbons (Fsp3) is 0.533. The highest BCUT2D eigenvalue weighted by molar-refractivity contribution is 5.87. The topological polar surface area (TPSA) is 64.3 Å². The molecule has 2 aliphatic rings. The van der Waals surface area contributed by atoms with Gasteiger partial charge in [-0.15, -0.1) is 0 Å². The molecule has 0 saturated heterocycles. The normalized spacial score (nSPS) is 28.3. The first-order valence-corrected chi connectivity index (χ1v) is 6.79. The zero-order chi connectivity index (χ0) is 13.7. The van der Waals surface area contributed by atoms with Crippen molar-refractivity contribution in [3.63, 3.8) is 0 Å². The second-order valence-electron chi connectivity index (χ2n) is 6.22. The molecule has 4 nitrogen and oxygen atoms in total. The Morgan fingerprint density at radius 3 is 2.68 bits per heavy atom. The molecule has 1 aromatic rings. The number of carbonyl (C=O) groups is 1. The van der Waals surface area contributed by atoms with Crippen LogP contribution >= 0.6 is 0 Å². The summed E-state index contributed by atoms with van der Waals surface area (Å²) in [5, 5.41) is 3.46. The van der Waals surface area contributed by atoms with Gasteiger partial charge in [-0.1, -0.05) is 18.2 Å². The number of ether oxygens (including phenoxy) is 1. The fourth-order valence-corrected chi connectivity index (χ4v) is 2.97. The summed E-state index contributed by atoms with van der Waals surface area (Å²) in [6, 6.07) is 8.08. The van der Waals surface area contributed by atoms with Crippen molar-refractivity contribution in [2.75, 3.05) is 0 Å². The molecule has 1 heterocycles. The second kappa shape index (κ2) is 3.97. The van der Waals surface area contributed by atoms with Gasteiger partial charge >= 0.3 is 0 Å². The number of nitrogens with one attached hydrogen (secondary N) is 1. The Bertz CT molecular complexity index is 523. The van der Waals surface area contributed by atoms with Gasteiger partial charge in [-0.25, -0.2) is 0 Å². The van der Waals surface area contributed by atoms with Crippen LogP contribution in [0.3, 0.4) is 0 Å². The van der Waals surface area contributed by atoms with Crippen molar-refractivity contribution < 1.29 is 9.53 Å². The molecule has 0 bridgehead atoms. The summed E-state index contributed by atoms with van der Waals surface area (Å²) >= 11 is 0. The molecule has 1 fully saturated rings. The molecule has 0 aromatic heterocycles. The molecule has 3 rings (SSSR count). The van der Waals surface area contributed by atoms with E-state index in [1.165, 1.54) is 0 Å². The second-order valence-corrected chi connectivity index (χ2v) is 6.22. The molecule has 19 heavy (non-hydrogen) atoms. The van der Waals surface area contributed by atoms with E-state index in [4.69, 9.17) is 10.5 Å². The zero-order valence-electron chi connectivity index (χ0n) is 11.4. The lowest BCUT2D eigenvalue weighted by Gasteiger charge is -2.44. The van der Waals surface area contributed by atoms with E-state index in [0.717, 1.165) is 24.2 Å². The number of benzene rings is 1. The SMILES string of the molecule is CC1(C)CC(NC2CC2)(C(N)=O)c2ccccc2O1. The predicted octanol–water partition coefficient (Wildman–Crippen LogP) is 1.68. The maximum atomic E-state index is 12.2. The van der Waals surface area contributed by atoms with Gasteiger partial charge in [-0.3, -0.25) is 10.1 Å². The Labute approximate surface area is 113 Å². The largest absolute Gasteiger partial charge is 0.487 e. The molecule has 1 saturated carbocycles. The number of para-hydroxylation sites is 1. The molecule has 1 aromatic carbocycles. The average Bonchev–Trinajstić information content (AvgIpc) is 3.11. The van der Waals surface area contributed by atoms with Crippen LogP contribution < -0.4 is 15.8 Å². The summed E-state index contributed by atoms with van der Waals surface area (Å²) < 4.78 is 5.98. The minimum absolute atomic E-state index is 0.316. The number of fused-ring (bicyclic) bond motifs is 1. The van der Waals surface area contributed by atoms with E-state index in [0.29, 0.717) is 12.5 Å². The molecule has 1 aliphatic carbocycles. The fourth-order valence-electron chi connectivity index (χ4n) is 2.97. The number of nitrogens with two attached hydrogens (primary N) is 1. The molecule has 102 valence electrons. The molecule has 0 spiro atoms. The van der Waals surface area contributed by atoms with Crippen LogP contribution in [0, 0.1) is 0 Å². The third-order valence-corrected chi connectivity index (χ3v) is 3.87. The third-order valence-electron chi connectivity index (χ3n) is 3.87. The molecule has 3 N–H and O–H groups in total. The number of hydrogen-bond donors (Lipinski definition) is 2. The first kappa shape index (κ1) is 12.5. The van der Waals surface area contributed by atoms with E-state index in [1.807, 2.05) is 38.1 Å². The highest BCUT2D eigenvalue weighted by Crippen LogP contribution is 2.44. The van der Waals surface area contributed by atoms with Crippen LogP contribution in [-0.2, 0) is 10.3 Å². The van der Waals surface area contributed by atoms with Gasteiger partial charge < -0.3 is 10.5 Å². The summed E-state index contributed by atoms with van der Waals surface area (Å²) in [4.78, 5) is 12.2. The molecule has 1 atom stereocenters. The Morgan fingerprint density at radius 1 is 1.37 bits per heavy atom.